The topological polar surface area (TPSA) is 84.1 Å². The Hall–Kier alpha value is -1.36. The van der Waals surface area contributed by atoms with Crippen LogP contribution in [-0.2, 0) is 5.41 Å². The third-order valence-corrected chi connectivity index (χ3v) is 3.18. The fourth-order valence-corrected chi connectivity index (χ4v) is 1.61. The summed E-state index contributed by atoms with van der Waals surface area (Å²) in [6.45, 7) is 12.2. The van der Waals surface area contributed by atoms with E-state index in [2.05, 4.69) is 29.1 Å². The standard InChI is InChI=1S/C14H26N4O/c1-8(2)10(7-19)16-12-9(3)11(15)17-13(18-12)14(4,5)6/h8,10,19H,7H2,1-6H3,(H3,15,16,17,18). The summed E-state index contributed by atoms with van der Waals surface area (Å²) in [7, 11) is 0. The summed E-state index contributed by atoms with van der Waals surface area (Å²) < 4.78 is 0. The molecule has 1 atom stereocenters. The number of anilines is 2. The molecule has 1 heterocycles. The quantitative estimate of drug-likeness (QED) is 0.777. The zero-order valence-electron chi connectivity index (χ0n) is 12.8. The second-order valence-corrected chi connectivity index (χ2v) is 6.33. The molecule has 0 aliphatic heterocycles. The minimum atomic E-state index is -0.162. The van der Waals surface area contributed by atoms with E-state index in [1.165, 1.54) is 0 Å². The van der Waals surface area contributed by atoms with Crippen LogP contribution in [0.1, 0.15) is 46.0 Å². The third-order valence-electron chi connectivity index (χ3n) is 3.18. The molecule has 0 fully saturated rings. The highest BCUT2D eigenvalue weighted by atomic mass is 16.3. The van der Waals surface area contributed by atoms with E-state index in [1.54, 1.807) is 0 Å². The molecule has 5 nitrogen and oxygen atoms in total. The molecule has 0 saturated heterocycles. The fraction of sp³-hybridized carbons (Fsp3) is 0.714. The maximum Gasteiger partial charge on any atom is 0.138 e. The van der Waals surface area contributed by atoms with E-state index in [1.807, 2.05) is 27.7 Å². The van der Waals surface area contributed by atoms with Gasteiger partial charge in [0.1, 0.15) is 17.5 Å². The predicted octanol–water partition coefficient (Wildman–Crippen LogP) is 2.09. The van der Waals surface area contributed by atoms with Crippen LogP contribution in [0.2, 0.25) is 0 Å². The van der Waals surface area contributed by atoms with Crippen LogP contribution >= 0.6 is 0 Å². The summed E-state index contributed by atoms with van der Waals surface area (Å²) >= 11 is 0. The average molecular weight is 266 g/mol. The van der Waals surface area contributed by atoms with Crippen LogP contribution in [0, 0.1) is 12.8 Å². The molecular formula is C14H26N4O. The molecule has 1 rings (SSSR count). The number of rotatable bonds is 4. The van der Waals surface area contributed by atoms with E-state index in [-0.39, 0.29) is 18.1 Å². The molecule has 1 unspecified atom stereocenters. The van der Waals surface area contributed by atoms with Crippen LogP contribution in [0.3, 0.4) is 0 Å². The number of hydrogen-bond acceptors (Lipinski definition) is 5. The molecule has 0 radical (unpaired) electrons. The first kappa shape index (κ1) is 15.7. The summed E-state index contributed by atoms with van der Waals surface area (Å²) in [5.41, 5.74) is 6.62. The van der Waals surface area contributed by atoms with Gasteiger partial charge in [-0.25, -0.2) is 9.97 Å². The smallest absolute Gasteiger partial charge is 0.138 e. The van der Waals surface area contributed by atoms with Crippen molar-refractivity contribution >= 4 is 11.6 Å². The van der Waals surface area contributed by atoms with Gasteiger partial charge in [-0.15, -0.1) is 0 Å². The summed E-state index contributed by atoms with van der Waals surface area (Å²) in [5.74, 6) is 2.21. The molecule has 4 N–H and O–H groups in total. The number of nitrogens with one attached hydrogen (secondary N) is 1. The second kappa shape index (κ2) is 5.74. The lowest BCUT2D eigenvalue weighted by molar-refractivity contribution is 0.249. The van der Waals surface area contributed by atoms with Crippen LogP contribution in [0.5, 0.6) is 0 Å². The molecule has 0 aliphatic rings. The summed E-state index contributed by atoms with van der Waals surface area (Å²) in [6, 6.07) is -0.0409. The SMILES string of the molecule is Cc1c(N)nc(C(C)(C)C)nc1NC(CO)C(C)C. The molecule has 19 heavy (non-hydrogen) atoms. The van der Waals surface area contributed by atoms with Crippen molar-refractivity contribution in [2.75, 3.05) is 17.7 Å². The van der Waals surface area contributed by atoms with Gasteiger partial charge in [0.2, 0.25) is 0 Å². The molecule has 108 valence electrons. The van der Waals surface area contributed by atoms with Gasteiger partial charge in [-0.1, -0.05) is 34.6 Å². The van der Waals surface area contributed by atoms with Crippen LogP contribution in [0.25, 0.3) is 0 Å². The van der Waals surface area contributed by atoms with Crippen LogP contribution in [-0.4, -0.2) is 27.7 Å². The number of nitrogens with two attached hydrogens (primary N) is 1. The van der Waals surface area contributed by atoms with Crippen molar-refractivity contribution in [3.8, 4) is 0 Å². The number of hydrogen-bond donors (Lipinski definition) is 3. The third kappa shape index (κ3) is 3.80. The Morgan fingerprint density at radius 1 is 1.26 bits per heavy atom. The van der Waals surface area contributed by atoms with E-state index in [0.717, 1.165) is 5.56 Å². The Morgan fingerprint density at radius 2 is 1.84 bits per heavy atom. The molecule has 1 aromatic rings. The lowest BCUT2D eigenvalue weighted by Crippen LogP contribution is -2.31. The molecular weight excluding hydrogens is 240 g/mol. The highest BCUT2D eigenvalue weighted by Crippen LogP contribution is 2.25. The van der Waals surface area contributed by atoms with Gasteiger partial charge < -0.3 is 16.2 Å². The Morgan fingerprint density at radius 3 is 2.26 bits per heavy atom. The molecule has 5 heteroatoms. The van der Waals surface area contributed by atoms with Crippen LogP contribution < -0.4 is 11.1 Å². The van der Waals surface area contributed by atoms with Gasteiger partial charge in [-0.05, 0) is 12.8 Å². The van der Waals surface area contributed by atoms with Crippen molar-refractivity contribution < 1.29 is 5.11 Å². The maximum atomic E-state index is 9.41. The molecule has 0 amide bonds. The number of aromatic nitrogens is 2. The molecule has 0 aromatic carbocycles. The largest absolute Gasteiger partial charge is 0.394 e. The molecule has 0 bridgehead atoms. The van der Waals surface area contributed by atoms with E-state index in [0.29, 0.717) is 23.4 Å². The lowest BCUT2D eigenvalue weighted by atomic mass is 9.95. The van der Waals surface area contributed by atoms with E-state index in [9.17, 15) is 5.11 Å². The number of aliphatic hydroxyl groups is 1. The van der Waals surface area contributed by atoms with E-state index in [4.69, 9.17) is 5.73 Å². The summed E-state index contributed by atoms with van der Waals surface area (Å²) in [6.07, 6.45) is 0. The van der Waals surface area contributed by atoms with Crippen molar-refractivity contribution in [3.05, 3.63) is 11.4 Å². The molecule has 0 spiro atoms. The highest BCUT2D eigenvalue weighted by Gasteiger charge is 2.22. The molecule has 0 saturated carbocycles. The molecule has 1 aromatic heterocycles. The zero-order valence-corrected chi connectivity index (χ0v) is 12.8. The van der Waals surface area contributed by atoms with Crippen molar-refractivity contribution in [2.24, 2.45) is 5.92 Å². The van der Waals surface area contributed by atoms with Crippen LogP contribution in [0.15, 0.2) is 0 Å². The van der Waals surface area contributed by atoms with Gasteiger partial charge in [0.05, 0.1) is 12.6 Å². The Kier molecular flexibility index (Phi) is 4.74. The van der Waals surface area contributed by atoms with Crippen molar-refractivity contribution in [2.45, 2.75) is 53.0 Å². The number of aliphatic hydroxyl groups excluding tert-OH is 1. The van der Waals surface area contributed by atoms with E-state index < -0.39 is 0 Å². The average Bonchev–Trinajstić information content (AvgIpc) is 2.28. The second-order valence-electron chi connectivity index (χ2n) is 6.33. The van der Waals surface area contributed by atoms with Crippen molar-refractivity contribution in [1.29, 1.82) is 0 Å². The van der Waals surface area contributed by atoms with Gasteiger partial charge in [0.25, 0.3) is 0 Å². The van der Waals surface area contributed by atoms with Gasteiger partial charge in [-0.3, -0.25) is 0 Å². The van der Waals surface area contributed by atoms with Gasteiger partial charge >= 0.3 is 0 Å². The van der Waals surface area contributed by atoms with Gasteiger partial charge in [0, 0.05) is 11.0 Å². The van der Waals surface area contributed by atoms with Gasteiger partial charge in [0.15, 0.2) is 0 Å². The first-order chi connectivity index (χ1) is 8.66. The Labute approximate surface area is 115 Å². The summed E-state index contributed by atoms with van der Waals surface area (Å²) in [4.78, 5) is 8.91. The monoisotopic (exact) mass is 266 g/mol. The Balaban J connectivity index is 3.16. The Bertz CT molecular complexity index is 438. The number of nitrogen functional groups attached to an aromatic ring is 1. The first-order valence-electron chi connectivity index (χ1n) is 6.68. The number of nitrogens with zero attached hydrogens (tertiary/aromatic N) is 2. The summed E-state index contributed by atoms with van der Waals surface area (Å²) in [5, 5.41) is 12.7. The predicted molar refractivity (Wildman–Crippen MR) is 79.2 cm³/mol. The minimum Gasteiger partial charge on any atom is -0.394 e. The van der Waals surface area contributed by atoms with Crippen molar-refractivity contribution in [1.82, 2.24) is 9.97 Å². The highest BCUT2D eigenvalue weighted by molar-refractivity contribution is 5.55. The van der Waals surface area contributed by atoms with Crippen molar-refractivity contribution in [3.63, 3.8) is 0 Å². The lowest BCUT2D eigenvalue weighted by Gasteiger charge is -2.24. The zero-order chi connectivity index (χ0) is 14.8. The normalized spacial score (nSPS) is 13.7. The van der Waals surface area contributed by atoms with Gasteiger partial charge in [-0.2, -0.15) is 0 Å². The first-order valence-corrected chi connectivity index (χ1v) is 6.68. The van der Waals surface area contributed by atoms with E-state index >= 15 is 0 Å². The molecule has 0 aliphatic carbocycles. The van der Waals surface area contributed by atoms with Crippen LogP contribution in [0.4, 0.5) is 11.6 Å². The fourth-order valence-electron chi connectivity index (χ4n) is 1.61. The maximum absolute atomic E-state index is 9.41. The minimum absolute atomic E-state index is 0.0409.